The number of nitriles is 1. The highest BCUT2D eigenvalue weighted by Gasteiger charge is 2.14. The second-order valence-electron chi connectivity index (χ2n) is 3.85. The molecule has 1 aromatic rings. The molecule has 0 radical (unpaired) electrons. The van der Waals surface area contributed by atoms with Crippen molar-refractivity contribution >= 4 is 5.69 Å². The third-order valence-corrected chi connectivity index (χ3v) is 2.65. The lowest BCUT2D eigenvalue weighted by molar-refractivity contribution is 0.195. The largest absolute Gasteiger partial charge is 0.380 e. The van der Waals surface area contributed by atoms with Crippen molar-refractivity contribution < 1.29 is 4.74 Å². The van der Waals surface area contributed by atoms with Crippen LogP contribution in [0.4, 0.5) is 5.69 Å². The van der Waals surface area contributed by atoms with Crippen molar-refractivity contribution in [3.63, 3.8) is 0 Å². The Morgan fingerprint density at radius 3 is 3.00 bits per heavy atom. The van der Waals surface area contributed by atoms with Gasteiger partial charge in [0, 0.05) is 12.3 Å². The van der Waals surface area contributed by atoms with E-state index < -0.39 is 0 Å². The summed E-state index contributed by atoms with van der Waals surface area (Å²) in [6.07, 6.45) is 1.05. The summed E-state index contributed by atoms with van der Waals surface area (Å²) in [7, 11) is 0. The van der Waals surface area contributed by atoms with Crippen molar-refractivity contribution in [3.05, 3.63) is 29.3 Å². The fraction of sp³-hybridized carbons (Fsp3) is 0.417. The molecule has 1 saturated heterocycles. The third kappa shape index (κ3) is 2.28. The fourth-order valence-corrected chi connectivity index (χ4v) is 1.76. The molecule has 15 heavy (non-hydrogen) atoms. The molecule has 1 N–H and O–H groups in total. The van der Waals surface area contributed by atoms with E-state index in [1.807, 2.05) is 25.1 Å². The molecular weight excluding hydrogens is 188 g/mol. The van der Waals surface area contributed by atoms with E-state index in [0.717, 1.165) is 36.4 Å². The lowest BCUT2D eigenvalue weighted by atomic mass is 10.1. The van der Waals surface area contributed by atoms with Crippen LogP contribution in [0.15, 0.2) is 18.2 Å². The standard InChI is InChI=1S/C12H14N2O/c1-9-6-11(3-2-10(9)7-13)14-12-4-5-15-8-12/h2-3,6,12,14H,4-5,8H2,1H3. The summed E-state index contributed by atoms with van der Waals surface area (Å²) in [4.78, 5) is 0. The average molecular weight is 202 g/mol. The summed E-state index contributed by atoms with van der Waals surface area (Å²) < 4.78 is 5.29. The quantitative estimate of drug-likeness (QED) is 0.798. The number of benzene rings is 1. The van der Waals surface area contributed by atoms with Crippen LogP contribution in [0.3, 0.4) is 0 Å². The number of hydrogen-bond acceptors (Lipinski definition) is 3. The van der Waals surface area contributed by atoms with Gasteiger partial charge in [0.15, 0.2) is 0 Å². The van der Waals surface area contributed by atoms with E-state index in [9.17, 15) is 0 Å². The number of ether oxygens (including phenoxy) is 1. The molecule has 3 heteroatoms. The van der Waals surface area contributed by atoms with Crippen LogP contribution in [0.5, 0.6) is 0 Å². The zero-order valence-corrected chi connectivity index (χ0v) is 8.79. The highest BCUT2D eigenvalue weighted by molar-refractivity contribution is 5.52. The maximum absolute atomic E-state index is 8.80. The van der Waals surface area contributed by atoms with Crippen LogP contribution < -0.4 is 5.32 Å². The van der Waals surface area contributed by atoms with Gasteiger partial charge in [-0.1, -0.05) is 0 Å². The van der Waals surface area contributed by atoms with Crippen LogP contribution in [-0.2, 0) is 4.74 Å². The van der Waals surface area contributed by atoms with Crippen molar-refractivity contribution in [2.45, 2.75) is 19.4 Å². The Bertz CT molecular complexity index is 389. The Kier molecular flexibility index (Phi) is 2.89. The molecule has 1 unspecified atom stereocenters. The first-order chi connectivity index (χ1) is 7.29. The van der Waals surface area contributed by atoms with E-state index in [0.29, 0.717) is 6.04 Å². The van der Waals surface area contributed by atoms with Gasteiger partial charge in [-0.15, -0.1) is 0 Å². The van der Waals surface area contributed by atoms with E-state index in [4.69, 9.17) is 10.00 Å². The average Bonchev–Trinajstić information content (AvgIpc) is 2.71. The van der Waals surface area contributed by atoms with E-state index in [-0.39, 0.29) is 0 Å². The maximum Gasteiger partial charge on any atom is 0.0994 e. The number of nitrogens with zero attached hydrogens (tertiary/aromatic N) is 1. The van der Waals surface area contributed by atoms with Gasteiger partial charge in [-0.05, 0) is 37.1 Å². The Morgan fingerprint density at radius 2 is 2.40 bits per heavy atom. The first-order valence-corrected chi connectivity index (χ1v) is 5.14. The summed E-state index contributed by atoms with van der Waals surface area (Å²) >= 11 is 0. The third-order valence-electron chi connectivity index (χ3n) is 2.65. The van der Waals surface area contributed by atoms with E-state index >= 15 is 0 Å². The molecule has 1 aromatic carbocycles. The van der Waals surface area contributed by atoms with Gasteiger partial charge in [0.2, 0.25) is 0 Å². The monoisotopic (exact) mass is 202 g/mol. The Morgan fingerprint density at radius 1 is 1.53 bits per heavy atom. The highest BCUT2D eigenvalue weighted by Crippen LogP contribution is 2.17. The topological polar surface area (TPSA) is 45.0 Å². The minimum atomic E-state index is 0.414. The smallest absolute Gasteiger partial charge is 0.0994 e. The van der Waals surface area contributed by atoms with Gasteiger partial charge in [-0.2, -0.15) is 5.26 Å². The molecule has 1 atom stereocenters. The summed E-state index contributed by atoms with van der Waals surface area (Å²) in [5, 5.41) is 12.2. The highest BCUT2D eigenvalue weighted by atomic mass is 16.5. The molecule has 1 heterocycles. The molecule has 3 nitrogen and oxygen atoms in total. The predicted octanol–water partition coefficient (Wildman–Crippen LogP) is 2.07. The molecule has 1 aliphatic heterocycles. The second kappa shape index (κ2) is 4.33. The number of aryl methyl sites for hydroxylation is 1. The van der Waals surface area contributed by atoms with Gasteiger partial charge in [0.25, 0.3) is 0 Å². The van der Waals surface area contributed by atoms with Gasteiger partial charge < -0.3 is 10.1 Å². The lowest BCUT2D eigenvalue weighted by Gasteiger charge is -2.12. The van der Waals surface area contributed by atoms with Gasteiger partial charge in [-0.3, -0.25) is 0 Å². The van der Waals surface area contributed by atoms with Gasteiger partial charge in [0.05, 0.1) is 24.3 Å². The number of hydrogen-bond donors (Lipinski definition) is 1. The molecule has 0 spiro atoms. The lowest BCUT2D eigenvalue weighted by Crippen LogP contribution is -2.18. The fourth-order valence-electron chi connectivity index (χ4n) is 1.76. The molecule has 78 valence electrons. The first-order valence-electron chi connectivity index (χ1n) is 5.14. The van der Waals surface area contributed by atoms with Crippen LogP contribution in [0.25, 0.3) is 0 Å². The van der Waals surface area contributed by atoms with Crippen molar-refractivity contribution in [1.29, 1.82) is 5.26 Å². The Balaban J connectivity index is 2.09. The van der Waals surface area contributed by atoms with Gasteiger partial charge in [0.1, 0.15) is 0 Å². The van der Waals surface area contributed by atoms with Crippen molar-refractivity contribution in [3.8, 4) is 6.07 Å². The summed E-state index contributed by atoms with van der Waals surface area (Å²) in [6, 6.07) is 8.39. The van der Waals surface area contributed by atoms with Crippen molar-refractivity contribution in [1.82, 2.24) is 0 Å². The summed E-state index contributed by atoms with van der Waals surface area (Å²) in [5.41, 5.74) is 2.83. The van der Waals surface area contributed by atoms with E-state index in [1.54, 1.807) is 0 Å². The predicted molar refractivity (Wildman–Crippen MR) is 58.7 cm³/mol. The maximum atomic E-state index is 8.80. The number of nitrogens with one attached hydrogen (secondary N) is 1. The minimum Gasteiger partial charge on any atom is -0.380 e. The van der Waals surface area contributed by atoms with Gasteiger partial charge in [-0.25, -0.2) is 0 Å². The zero-order chi connectivity index (χ0) is 10.7. The van der Waals surface area contributed by atoms with Crippen LogP contribution in [0.1, 0.15) is 17.5 Å². The molecule has 1 aliphatic rings. The Labute approximate surface area is 89.7 Å². The number of rotatable bonds is 2. The van der Waals surface area contributed by atoms with Crippen LogP contribution in [0, 0.1) is 18.3 Å². The SMILES string of the molecule is Cc1cc(NC2CCOC2)ccc1C#N. The normalized spacial score (nSPS) is 19.9. The van der Waals surface area contributed by atoms with Crippen molar-refractivity contribution in [2.24, 2.45) is 0 Å². The first kappa shape index (κ1) is 10.0. The molecule has 0 aromatic heterocycles. The molecule has 1 fully saturated rings. The molecular formula is C12H14N2O. The van der Waals surface area contributed by atoms with Crippen LogP contribution in [0.2, 0.25) is 0 Å². The minimum absolute atomic E-state index is 0.414. The molecule has 0 saturated carbocycles. The summed E-state index contributed by atoms with van der Waals surface area (Å²) in [5.74, 6) is 0. The van der Waals surface area contributed by atoms with Gasteiger partial charge >= 0.3 is 0 Å². The molecule has 0 aliphatic carbocycles. The molecule has 0 bridgehead atoms. The van der Waals surface area contributed by atoms with Crippen LogP contribution in [-0.4, -0.2) is 19.3 Å². The van der Waals surface area contributed by atoms with Crippen LogP contribution >= 0.6 is 0 Å². The van der Waals surface area contributed by atoms with Crippen molar-refractivity contribution in [2.75, 3.05) is 18.5 Å². The second-order valence-corrected chi connectivity index (χ2v) is 3.85. The molecule has 2 rings (SSSR count). The molecule has 0 amide bonds. The van der Waals surface area contributed by atoms with E-state index in [1.165, 1.54) is 0 Å². The number of anilines is 1. The Hall–Kier alpha value is -1.53. The van der Waals surface area contributed by atoms with E-state index in [2.05, 4.69) is 11.4 Å². The zero-order valence-electron chi connectivity index (χ0n) is 8.79. The summed E-state index contributed by atoms with van der Waals surface area (Å²) in [6.45, 7) is 3.57.